The van der Waals surface area contributed by atoms with Crippen LogP contribution in [0.5, 0.6) is 0 Å². The van der Waals surface area contributed by atoms with E-state index in [1.54, 1.807) is 0 Å². The summed E-state index contributed by atoms with van der Waals surface area (Å²) in [6.07, 6.45) is 3.82. The molecule has 0 radical (unpaired) electrons. The minimum absolute atomic E-state index is 0.385. The maximum Gasteiger partial charge on any atom is 0.0313 e. The minimum Gasteiger partial charge on any atom is -0.306 e. The van der Waals surface area contributed by atoms with Gasteiger partial charge in [0.2, 0.25) is 0 Å². The van der Waals surface area contributed by atoms with Gasteiger partial charge in [0.05, 0.1) is 0 Å². The molecule has 0 fully saturated rings. The highest BCUT2D eigenvalue weighted by Crippen LogP contribution is 2.26. The second kappa shape index (κ2) is 5.63. The molecule has 0 amide bonds. The number of nitrogens with zero attached hydrogens (tertiary/aromatic N) is 1. The van der Waals surface area contributed by atoms with Crippen molar-refractivity contribution in [2.45, 2.75) is 40.3 Å². The van der Waals surface area contributed by atoms with E-state index in [-0.39, 0.29) is 0 Å². The fourth-order valence-electron chi connectivity index (χ4n) is 2.18. The first-order valence-electron chi connectivity index (χ1n) is 6.27. The molecule has 0 saturated heterocycles. The third-order valence-electron chi connectivity index (χ3n) is 3.09. The van der Waals surface area contributed by atoms with Gasteiger partial charge in [-0.2, -0.15) is 0 Å². The summed E-state index contributed by atoms with van der Waals surface area (Å²) >= 11 is 1.87. The van der Waals surface area contributed by atoms with Crippen molar-refractivity contribution >= 4 is 11.3 Å². The van der Waals surface area contributed by atoms with Crippen LogP contribution in [0.3, 0.4) is 0 Å². The predicted molar refractivity (Wildman–Crippen MR) is 78.0 cm³/mol. The maximum atomic E-state index is 4.22. The van der Waals surface area contributed by atoms with Crippen molar-refractivity contribution in [3.8, 4) is 0 Å². The summed E-state index contributed by atoms with van der Waals surface area (Å²) < 4.78 is 0. The Hall–Kier alpha value is -1.19. The maximum absolute atomic E-state index is 4.22. The molecule has 18 heavy (non-hydrogen) atoms. The van der Waals surface area contributed by atoms with E-state index in [0.717, 1.165) is 6.54 Å². The zero-order chi connectivity index (χ0) is 13.1. The Morgan fingerprint density at radius 2 is 2.00 bits per heavy atom. The molecule has 2 rings (SSSR count). The second-order valence-corrected chi connectivity index (χ2v) is 6.30. The van der Waals surface area contributed by atoms with Crippen LogP contribution in [0.25, 0.3) is 0 Å². The van der Waals surface area contributed by atoms with Gasteiger partial charge in [-0.05, 0) is 50.5 Å². The summed E-state index contributed by atoms with van der Waals surface area (Å²) in [6.45, 7) is 9.52. The molecule has 96 valence electrons. The minimum atomic E-state index is 0.385. The van der Waals surface area contributed by atoms with Crippen molar-refractivity contribution < 1.29 is 0 Å². The Morgan fingerprint density at radius 3 is 2.61 bits per heavy atom. The first kappa shape index (κ1) is 13.2. The fraction of sp³-hybridized carbons (Fsp3) is 0.400. The van der Waals surface area contributed by atoms with Gasteiger partial charge in [-0.15, -0.1) is 11.3 Å². The van der Waals surface area contributed by atoms with E-state index in [2.05, 4.69) is 50.1 Å². The zero-order valence-corrected chi connectivity index (χ0v) is 12.3. The number of pyridine rings is 1. The molecule has 0 aromatic carbocycles. The molecule has 3 heteroatoms. The number of hydrogen-bond acceptors (Lipinski definition) is 3. The summed E-state index contributed by atoms with van der Waals surface area (Å²) in [5.41, 5.74) is 3.87. The molecule has 2 nitrogen and oxygen atoms in total. The molecule has 0 aliphatic rings. The summed E-state index contributed by atoms with van der Waals surface area (Å²) in [6, 6.07) is 4.85. The molecule has 0 aliphatic carbocycles. The van der Waals surface area contributed by atoms with Crippen molar-refractivity contribution in [2.75, 3.05) is 0 Å². The molecule has 2 heterocycles. The topological polar surface area (TPSA) is 24.9 Å². The van der Waals surface area contributed by atoms with E-state index in [1.807, 2.05) is 23.7 Å². The van der Waals surface area contributed by atoms with Gasteiger partial charge in [-0.25, -0.2) is 0 Å². The van der Waals surface area contributed by atoms with Crippen LogP contribution in [-0.2, 0) is 6.54 Å². The quantitative estimate of drug-likeness (QED) is 0.901. The van der Waals surface area contributed by atoms with Crippen LogP contribution in [0.2, 0.25) is 0 Å². The van der Waals surface area contributed by atoms with Crippen LogP contribution < -0.4 is 5.32 Å². The van der Waals surface area contributed by atoms with Crippen LogP contribution in [0.1, 0.15) is 39.4 Å². The smallest absolute Gasteiger partial charge is 0.0313 e. The molecule has 2 aromatic rings. The van der Waals surface area contributed by atoms with E-state index in [0.29, 0.717) is 6.04 Å². The lowest BCUT2D eigenvalue weighted by Gasteiger charge is -2.14. The van der Waals surface area contributed by atoms with E-state index in [1.165, 1.54) is 26.4 Å². The Bertz CT molecular complexity index is 531. The third kappa shape index (κ3) is 3.18. The highest BCUT2D eigenvalue weighted by atomic mass is 32.1. The average Bonchev–Trinajstić information content (AvgIpc) is 2.66. The molecular weight excluding hydrogens is 240 g/mol. The number of aromatic nitrogens is 1. The lowest BCUT2D eigenvalue weighted by atomic mass is 10.1. The van der Waals surface area contributed by atoms with Gasteiger partial charge in [-0.1, -0.05) is 6.07 Å². The molecule has 2 aromatic heterocycles. The molecular formula is C15H20N2S. The normalized spacial score (nSPS) is 12.7. The SMILES string of the molecule is Cc1cncc(CNC(C)c2cc(C)sc2C)c1. The summed E-state index contributed by atoms with van der Waals surface area (Å²) in [5, 5.41) is 3.56. The first-order chi connectivity index (χ1) is 8.56. The second-order valence-electron chi connectivity index (χ2n) is 4.84. The van der Waals surface area contributed by atoms with E-state index >= 15 is 0 Å². The molecule has 1 unspecified atom stereocenters. The van der Waals surface area contributed by atoms with E-state index in [9.17, 15) is 0 Å². The lowest BCUT2D eigenvalue weighted by Crippen LogP contribution is -2.18. The van der Waals surface area contributed by atoms with Crippen LogP contribution in [0.15, 0.2) is 24.5 Å². The molecule has 0 aliphatic heterocycles. The predicted octanol–water partition coefficient (Wildman–Crippen LogP) is 3.92. The van der Waals surface area contributed by atoms with Crippen molar-refractivity contribution in [1.29, 1.82) is 0 Å². The standard InChI is InChI=1S/C15H20N2S/c1-10-5-14(8-16-7-10)9-17-12(3)15-6-11(2)18-13(15)4/h5-8,12,17H,9H2,1-4H3. The number of thiophene rings is 1. The Labute approximate surface area is 113 Å². The lowest BCUT2D eigenvalue weighted by molar-refractivity contribution is 0.573. The van der Waals surface area contributed by atoms with Crippen molar-refractivity contribution in [1.82, 2.24) is 10.3 Å². The monoisotopic (exact) mass is 260 g/mol. The van der Waals surface area contributed by atoms with Gasteiger partial charge in [-0.3, -0.25) is 4.98 Å². The third-order valence-corrected chi connectivity index (χ3v) is 4.07. The Kier molecular flexibility index (Phi) is 4.15. The highest BCUT2D eigenvalue weighted by Gasteiger charge is 2.10. The van der Waals surface area contributed by atoms with Gasteiger partial charge in [0.1, 0.15) is 0 Å². The van der Waals surface area contributed by atoms with Crippen LogP contribution >= 0.6 is 11.3 Å². The zero-order valence-electron chi connectivity index (χ0n) is 11.4. The summed E-state index contributed by atoms with van der Waals surface area (Å²) in [4.78, 5) is 7.01. The summed E-state index contributed by atoms with van der Waals surface area (Å²) in [5.74, 6) is 0. The van der Waals surface area contributed by atoms with Gasteiger partial charge in [0.15, 0.2) is 0 Å². The van der Waals surface area contributed by atoms with Crippen molar-refractivity contribution in [3.63, 3.8) is 0 Å². The molecule has 0 bridgehead atoms. The fourth-order valence-corrected chi connectivity index (χ4v) is 3.20. The van der Waals surface area contributed by atoms with Gasteiger partial charge >= 0.3 is 0 Å². The van der Waals surface area contributed by atoms with Crippen LogP contribution in [-0.4, -0.2) is 4.98 Å². The number of hydrogen-bond donors (Lipinski definition) is 1. The van der Waals surface area contributed by atoms with Crippen molar-refractivity contribution in [3.05, 3.63) is 51.0 Å². The van der Waals surface area contributed by atoms with Crippen molar-refractivity contribution in [2.24, 2.45) is 0 Å². The first-order valence-corrected chi connectivity index (χ1v) is 7.09. The van der Waals surface area contributed by atoms with E-state index in [4.69, 9.17) is 0 Å². The van der Waals surface area contributed by atoms with Crippen LogP contribution in [0, 0.1) is 20.8 Å². The van der Waals surface area contributed by atoms with Gasteiger partial charge < -0.3 is 5.32 Å². The molecule has 0 spiro atoms. The Balaban J connectivity index is 2.00. The highest BCUT2D eigenvalue weighted by molar-refractivity contribution is 7.12. The number of aryl methyl sites for hydroxylation is 3. The molecule has 1 N–H and O–H groups in total. The number of rotatable bonds is 4. The van der Waals surface area contributed by atoms with Gasteiger partial charge in [0.25, 0.3) is 0 Å². The molecule has 0 saturated carbocycles. The molecule has 1 atom stereocenters. The van der Waals surface area contributed by atoms with E-state index < -0.39 is 0 Å². The van der Waals surface area contributed by atoms with Gasteiger partial charge in [0, 0.05) is 34.7 Å². The summed E-state index contributed by atoms with van der Waals surface area (Å²) in [7, 11) is 0. The average molecular weight is 260 g/mol. The van der Waals surface area contributed by atoms with Crippen LogP contribution in [0.4, 0.5) is 0 Å². The Morgan fingerprint density at radius 1 is 1.22 bits per heavy atom. The largest absolute Gasteiger partial charge is 0.306 e. The number of nitrogens with one attached hydrogen (secondary N) is 1.